The van der Waals surface area contributed by atoms with Gasteiger partial charge in [-0.05, 0) is 18.2 Å². The van der Waals surface area contributed by atoms with Crippen LogP contribution in [0.25, 0.3) is 5.82 Å². The molecule has 0 aliphatic carbocycles. The van der Waals surface area contributed by atoms with Crippen LogP contribution in [0.4, 0.5) is 0 Å². The average Bonchev–Trinajstić information content (AvgIpc) is 2.71. The van der Waals surface area contributed by atoms with E-state index in [0.717, 1.165) is 0 Å². The molecule has 5 nitrogen and oxygen atoms in total. The fraction of sp³-hybridized carbons (Fsp3) is 0. The van der Waals surface area contributed by atoms with Gasteiger partial charge in [-0.2, -0.15) is 5.10 Å². The Morgan fingerprint density at radius 2 is 2.29 bits per heavy atom. The summed E-state index contributed by atoms with van der Waals surface area (Å²) in [5.41, 5.74) is 5.92. The zero-order valence-electron chi connectivity index (χ0n) is 7.38. The van der Waals surface area contributed by atoms with Gasteiger partial charge >= 0.3 is 0 Å². The number of hydrogen-bond acceptors (Lipinski definition) is 3. The molecule has 0 fully saturated rings. The SMILES string of the molecule is N=C(N)c1ccc(-n2cccn2)nc1. The molecule has 0 radical (unpaired) electrons. The summed E-state index contributed by atoms with van der Waals surface area (Å²) in [4.78, 5) is 4.12. The Bertz CT molecular complexity index is 429. The number of nitrogens with zero attached hydrogens (tertiary/aromatic N) is 3. The first-order chi connectivity index (χ1) is 6.77. The minimum absolute atomic E-state index is 0.0181. The number of hydrogen-bond donors (Lipinski definition) is 2. The van der Waals surface area contributed by atoms with Gasteiger partial charge in [0, 0.05) is 24.2 Å². The van der Waals surface area contributed by atoms with Crippen molar-refractivity contribution in [2.24, 2.45) is 5.73 Å². The third-order valence-electron chi connectivity index (χ3n) is 1.80. The lowest BCUT2D eigenvalue weighted by molar-refractivity contribution is 0.846. The van der Waals surface area contributed by atoms with Crippen molar-refractivity contribution < 1.29 is 0 Å². The van der Waals surface area contributed by atoms with E-state index < -0.39 is 0 Å². The summed E-state index contributed by atoms with van der Waals surface area (Å²) in [6.45, 7) is 0. The van der Waals surface area contributed by atoms with E-state index in [0.29, 0.717) is 11.4 Å². The molecule has 0 aliphatic rings. The van der Waals surface area contributed by atoms with Crippen molar-refractivity contribution in [1.29, 1.82) is 5.41 Å². The van der Waals surface area contributed by atoms with Crippen LogP contribution in [-0.2, 0) is 0 Å². The monoisotopic (exact) mass is 187 g/mol. The summed E-state index contributed by atoms with van der Waals surface area (Å²) >= 11 is 0. The number of pyridine rings is 1. The molecule has 0 saturated heterocycles. The standard InChI is InChI=1S/C9H9N5/c10-9(11)7-2-3-8(12-6-7)14-5-1-4-13-14/h1-6H,(H3,10,11). The summed E-state index contributed by atoms with van der Waals surface area (Å²) < 4.78 is 1.64. The molecule has 0 aromatic carbocycles. The van der Waals surface area contributed by atoms with E-state index in [4.69, 9.17) is 11.1 Å². The summed E-state index contributed by atoms with van der Waals surface area (Å²) in [5, 5.41) is 11.2. The molecule has 0 bridgehead atoms. The van der Waals surface area contributed by atoms with Crippen LogP contribution >= 0.6 is 0 Å². The highest BCUT2D eigenvalue weighted by Gasteiger charge is 1.99. The van der Waals surface area contributed by atoms with Crippen LogP contribution in [0.2, 0.25) is 0 Å². The van der Waals surface area contributed by atoms with Gasteiger partial charge in [0.05, 0.1) is 0 Å². The molecule has 0 amide bonds. The van der Waals surface area contributed by atoms with Crippen molar-refractivity contribution in [1.82, 2.24) is 14.8 Å². The normalized spacial score (nSPS) is 10.0. The number of amidine groups is 1. The van der Waals surface area contributed by atoms with E-state index in [9.17, 15) is 0 Å². The van der Waals surface area contributed by atoms with Crippen LogP contribution in [0, 0.1) is 5.41 Å². The van der Waals surface area contributed by atoms with Crippen molar-refractivity contribution in [3.8, 4) is 5.82 Å². The van der Waals surface area contributed by atoms with E-state index in [1.165, 1.54) is 0 Å². The molecule has 2 heterocycles. The molecule has 2 aromatic rings. The molecule has 2 aromatic heterocycles. The van der Waals surface area contributed by atoms with Crippen molar-refractivity contribution in [2.45, 2.75) is 0 Å². The minimum Gasteiger partial charge on any atom is -0.384 e. The maximum Gasteiger partial charge on any atom is 0.153 e. The Kier molecular flexibility index (Phi) is 1.98. The largest absolute Gasteiger partial charge is 0.384 e. The van der Waals surface area contributed by atoms with E-state index >= 15 is 0 Å². The first kappa shape index (κ1) is 8.43. The zero-order valence-corrected chi connectivity index (χ0v) is 7.38. The molecule has 0 spiro atoms. The Labute approximate surface area is 80.7 Å². The fourth-order valence-corrected chi connectivity index (χ4v) is 1.09. The molecule has 70 valence electrons. The molecule has 14 heavy (non-hydrogen) atoms. The van der Waals surface area contributed by atoms with E-state index in [2.05, 4.69) is 10.1 Å². The Morgan fingerprint density at radius 1 is 1.43 bits per heavy atom. The Balaban J connectivity index is 2.36. The lowest BCUT2D eigenvalue weighted by Crippen LogP contribution is -2.11. The van der Waals surface area contributed by atoms with Crippen LogP contribution in [0.15, 0.2) is 36.8 Å². The van der Waals surface area contributed by atoms with Gasteiger partial charge in [0.2, 0.25) is 0 Å². The lowest BCUT2D eigenvalue weighted by atomic mass is 10.2. The second-order valence-electron chi connectivity index (χ2n) is 2.77. The molecule has 0 unspecified atom stereocenters. The molecule has 0 atom stereocenters. The summed E-state index contributed by atoms with van der Waals surface area (Å²) in [5.74, 6) is 0.726. The average molecular weight is 187 g/mol. The topological polar surface area (TPSA) is 80.6 Å². The molecule has 0 saturated carbocycles. The number of nitrogens with one attached hydrogen (secondary N) is 1. The van der Waals surface area contributed by atoms with Gasteiger partial charge in [-0.15, -0.1) is 0 Å². The van der Waals surface area contributed by atoms with E-state index in [-0.39, 0.29) is 5.84 Å². The number of rotatable bonds is 2. The van der Waals surface area contributed by atoms with E-state index in [1.807, 2.05) is 6.07 Å². The van der Waals surface area contributed by atoms with Gasteiger partial charge in [-0.1, -0.05) is 0 Å². The molecular weight excluding hydrogens is 178 g/mol. The second kappa shape index (κ2) is 3.29. The third kappa shape index (κ3) is 1.47. The molecule has 0 aliphatic heterocycles. The predicted molar refractivity (Wildman–Crippen MR) is 52.4 cm³/mol. The van der Waals surface area contributed by atoms with Crippen LogP contribution in [-0.4, -0.2) is 20.6 Å². The van der Waals surface area contributed by atoms with Crippen LogP contribution in [0.5, 0.6) is 0 Å². The van der Waals surface area contributed by atoms with Gasteiger partial charge in [0.25, 0.3) is 0 Å². The molecule has 5 heteroatoms. The van der Waals surface area contributed by atoms with Gasteiger partial charge in [0.15, 0.2) is 5.82 Å². The number of aromatic nitrogens is 3. The fourth-order valence-electron chi connectivity index (χ4n) is 1.09. The van der Waals surface area contributed by atoms with Crippen LogP contribution in [0.3, 0.4) is 0 Å². The lowest BCUT2D eigenvalue weighted by Gasteiger charge is -2.01. The van der Waals surface area contributed by atoms with Gasteiger partial charge < -0.3 is 5.73 Å². The maximum absolute atomic E-state index is 7.20. The molecule has 2 rings (SSSR count). The van der Waals surface area contributed by atoms with Gasteiger partial charge in [0.1, 0.15) is 5.84 Å². The Morgan fingerprint density at radius 3 is 2.79 bits per heavy atom. The van der Waals surface area contributed by atoms with Crippen molar-refractivity contribution >= 4 is 5.84 Å². The summed E-state index contributed by atoms with van der Waals surface area (Å²) in [6, 6.07) is 5.33. The van der Waals surface area contributed by atoms with Crippen LogP contribution < -0.4 is 5.73 Å². The van der Waals surface area contributed by atoms with Crippen molar-refractivity contribution in [3.05, 3.63) is 42.4 Å². The summed E-state index contributed by atoms with van der Waals surface area (Å²) in [6.07, 6.45) is 5.04. The zero-order chi connectivity index (χ0) is 9.97. The van der Waals surface area contributed by atoms with E-state index in [1.54, 1.807) is 35.4 Å². The van der Waals surface area contributed by atoms with Crippen molar-refractivity contribution in [3.63, 3.8) is 0 Å². The first-order valence-corrected chi connectivity index (χ1v) is 4.08. The third-order valence-corrected chi connectivity index (χ3v) is 1.80. The van der Waals surface area contributed by atoms with Gasteiger partial charge in [-0.3, -0.25) is 5.41 Å². The van der Waals surface area contributed by atoms with Gasteiger partial charge in [-0.25, -0.2) is 9.67 Å². The molecule has 3 N–H and O–H groups in total. The number of nitrogens with two attached hydrogens (primary N) is 1. The smallest absolute Gasteiger partial charge is 0.153 e. The highest BCUT2D eigenvalue weighted by Crippen LogP contribution is 2.03. The van der Waals surface area contributed by atoms with Crippen LogP contribution in [0.1, 0.15) is 5.56 Å². The first-order valence-electron chi connectivity index (χ1n) is 4.08. The highest BCUT2D eigenvalue weighted by atomic mass is 15.3. The highest BCUT2D eigenvalue weighted by molar-refractivity contribution is 5.94. The minimum atomic E-state index is 0.0181. The predicted octanol–water partition coefficient (Wildman–Crippen LogP) is 0.551. The summed E-state index contributed by atoms with van der Waals surface area (Å²) in [7, 11) is 0. The quantitative estimate of drug-likeness (QED) is 0.532. The van der Waals surface area contributed by atoms with Crippen molar-refractivity contribution in [2.75, 3.05) is 0 Å². The Hall–Kier alpha value is -2.17. The maximum atomic E-state index is 7.20. The number of nitrogen functional groups attached to an aromatic ring is 1. The molecular formula is C9H9N5. The second-order valence-corrected chi connectivity index (χ2v) is 2.77.